The van der Waals surface area contributed by atoms with Gasteiger partial charge in [-0.25, -0.2) is 8.42 Å². The Bertz CT molecular complexity index is 650. The van der Waals surface area contributed by atoms with Crippen molar-refractivity contribution in [3.63, 3.8) is 0 Å². The second-order valence-corrected chi connectivity index (χ2v) is 5.87. The third-order valence-electron chi connectivity index (χ3n) is 2.84. The Kier molecular flexibility index (Phi) is 3.03. The molecule has 0 spiro atoms. The number of nitro benzene ring substituents is 1. The zero-order valence-corrected chi connectivity index (χ0v) is 10.4. The molecular weight excluding hydrogens is 276 g/mol. The van der Waals surface area contributed by atoms with Crippen LogP contribution in [0.2, 0.25) is 0 Å². The highest BCUT2D eigenvalue weighted by Crippen LogP contribution is 2.37. The summed E-state index contributed by atoms with van der Waals surface area (Å²) in [5.74, 6) is -1.28. The van der Waals surface area contributed by atoms with Crippen molar-refractivity contribution in [1.29, 1.82) is 0 Å². The predicted molar refractivity (Wildman–Crippen MR) is 63.0 cm³/mol. The van der Waals surface area contributed by atoms with Crippen molar-refractivity contribution < 1.29 is 23.2 Å². The van der Waals surface area contributed by atoms with Crippen molar-refractivity contribution in [2.75, 3.05) is 0 Å². The second kappa shape index (κ2) is 4.28. The van der Waals surface area contributed by atoms with Gasteiger partial charge in [-0.3, -0.25) is 14.9 Å². The van der Waals surface area contributed by atoms with E-state index in [0.717, 1.165) is 12.1 Å². The van der Waals surface area contributed by atoms with Gasteiger partial charge in [0.2, 0.25) is 10.0 Å². The van der Waals surface area contributed by atoms with Crippen molar-refractivity contribution in [3.05, 3.63) is 34.4 Å². The van der Waals surface area contributed by atoms with Gasteiger partial charge in [-0.2, -0.15) is 4.72 Å². The highest BCUT2D eigenvalue weighted by molar-refractivity contribution is 7.89. The summed E-state index contributed by atoms with van der Waals surface area (Å²) in [5, 5.41) is 19.7. The Hall–Kier alpha value is -2.00. The molecule has 0 saturated heterocycles. The lowest BCUT2D eigenvalue weighted by atomic mass is 10.3. The van der Waals surface area contributed by atoms with Crippen molar-refractivity contribution >= 4 is 21.7 Å². The number of para-hydroxylation sites is 1. The second-order valence-electron chi connectivity index (χ2n) is 4.22. The normalized spacial score (nSPS) is 16.8. The van der Waals surface area contributed by atoms with Gasteiger partial charge in [0.25, 0.3) is 5.69 Å². The molecule has 102 valence electrons. The maximum atomic E-state index is 12.0. The van der Waals surface area contributed by atoms with Crippen LogP contribution in [0.1, 0.15) is 12.8 Å². The van der Waals surface area contributed by atoms with E-state index >= 15 is 0 Å². The first-order valence-electron chi connectivity index (χ1n) is 5.29. The molecule has 1 aliphatic rings. The molecule has 0 unspecified atom stereocenters. The van der Waals surface area contributed by atoms with E-state index in [-0.39, 0.29) is 12.8 Å². The van der Waals surface area contributed by atoms with Gasteiger partial charge in [-0.15, -0.1) is 0 Å². The van der Waals surface area contributed by atoms with Crippen molar-refractivity contribution in [2.24, 2.45) is 0 Å². The molecule has 1 aromatic rings. The van der Waals surface area contributed by atoms with Crippen LogP contribution < -0.4 is 4.72 Å². The minimum atomic E-state index is -4.25. The number of hydrogen-bond acceptors (Lipinski definition) is 5. The van der Waals surface area contributed by atoms with Crippen LogP contribution in [0.3, 0.4) is 0 Å². The van der Waals surface area contributed by atoms with Gasteiger partial charge in [0.1, 0.15) is 5.54 Å². The number of sulfonamides is 1. The van der Waals surface area contributed by atoms with Crippen molar-refractivity contribution in [1.82, 2.24) is 4.72 Å². The summed E-state index contributed by atoms with van der Waals surface area (Å²) >= 11 is 0. The van der Waals surface area contributed by atoms with E-state index in [1.807, 2.05) is 4.72 Å². The molecule has 0 heterocycles. The Balaban J connectivity index is 2.41. The zero-order valence-electron chi connectivity index (χ0n) is 9.57. The molecule has 1 aliphatic carbocycles. The van der Waals surface area contributed by atoms with Crippen molar-refractivity contribution in [3.8, 4) is 0 Å². The number of nitro groups is 1. The van der Waals surface area contributed by atoms with Gasteiger partial charge in [0.15, 0.2) is 4.90 Å². The fraction of sp³-hybridized carbons (Fsp3) is 0.300. The topological polar surface area (TPSA) is 127 Å². The van der Waals surface area contributed by atoms with Gasteiger partial charge in [0, 0.05) is 6.07 Å². The molecule has 8 nitrogen and oxygen atoms in total. The number of carbonyl (C=O) groups is 1. The van der Waals surface area contributed by atoms with Crippen LogP contribution >= 0.6 is 0 Å². The summed E-state index contributed by atoms with van der Waals surface area (Å²) in [6, 6.07) is 4.79. The smallest absolute Gasteiger partial charge is 0.324 e. The Morgan fingerprint density at radius 3 is 2.42 bits per heavy atom. The third kappa shape index (κ3) is 2.42. The summed E-state index contributed by atoms with van der Waals surface area (Å²) in [4.78, 5) is 20.4. The van der Waals surface area contributed by atoms with E-state index < -0.39 is 37.0 Å². The average Bonchev–Trinajstić information content (AvgIpc) is 3.09. The first kappa shape index (κ1) is 13.4. The summed E-state index contributed by atoms with van der Waals surface area (Å²) < 4.78 is 26.1. The molecule has 9 heteroatoms. The number of aliphatic carboxylic acids is 1. The predicted octanol–water partition coefficient (Wildman–Crippen LogP) is 0.490. The molecule has 0 amide bonds. The SMILES string of the molecule is O=C(O)C1(NS(=O)(=O)c2ccccc2[N+](=O)[O-])CC1. The number of carboxylic acids is 1. The maximum absolute atomic E-state index is 12.0. The van der Waals surface area contributed by atoms with E-state index in [0.29, 0.717) is 0 Å². The molecule has 2 rings (SSSR count). The molecule has 1 aromatic carbocycles. The lowest BCUT2D eigenvalue weighted by Crippen LogP contribution is -2.43. The standard InChI is InChI=1S/C10H10N2O6S/c13-9(14)10(5-6-10)11-19(17,18)8-4-2-1-3-7(8)12(15)16/h1-4,11H,5-6H2,(H,13,14). The minimum Gasteiger partial charge on any atom is -0.480 e. The molecule has 0 aliphatic heterocycles. The fourth-order valence-corrected chi connectivity index (χ4v) is 3.22. The van der Waals surface area contributed by atoms with E-state index in [1.165, 1.54) is 12.1 Å². The van der Waals surface area contributed by atoms with Crippen LogP contribution in [-0.4, -0.2) is 30.0 Å². The molecular formula is C10H10N2O6S. The Morgan fingerprint density at radius 1 is 1.37 bits per heavy atom. The first-order valence-corrected chi connectivity index (χ1v) is 6.78. The minimum absolute atomic E-state index is 0.169. The molecule has 1 saturated carbocycles. The van der Waals surface area contributed by atoms with Crippen LogP contribution in [-0.2, 0) is 14.8 Å². The summed E-state index contributed by atoms with van der Waals surface area (Å²) in [5.41, 5.74) is -2.11. The highest BCUT2D eigenvalue weighted by atomic mass is 32.2. The van der Waals surface area contributed by atoms with Crippen LogP contribution in [0.5, 0.6) is 0 Å². The zero-order chi connectivity index (χ0) is 14.3. The van der Waals surface area contributed by atoms with Gasteiger partial charge in [-0.05, 0) is 18.9 Å². The monoisotopic (exact) mass is 286 g/mol. The summed E-state index contributed by atoms with van der Waals surface area (Å²) in [6.45, 7) is 0. The molecule has 1 fully saturated rings. The van der Waals surface area contributed by atoms with E-state index in [1.54, 1.807) is 0 Å². The summed E-state index contributed by atoms with van der Waals surface area (Å²) in [7, 11) is -4.25. The number of benzene rings is 1. The van der Waals surface area contributed by atoms with Crippen LogP contribution in [0, 0.1) is 10.1 Å². The number of hydrogen-bond donors (Lipinski definition) is 2. The molecule has 2 N–H and O–H groups in total. The molecule has 0 radical (unpaired) electrons. The van der Waals surface area contributed by atoms with Crippen LogP contribution in [0.15, 0.2) is 29.2 Å². The molecule has 19 heavy (non-hydrogen) atoms. The van der Waals surface area contributed by atoms with E-state index in [9.17, 15) is 23.3 Å². The molecule has 0 bridgehead atoms. The van der Waals surface area contributed by atoms with E-state index in [4.69, 9.17) is 5.11 Å². The lowest BCUT2D eigenvalue weighted by Gasteiger charge is -2.12. The van der Waals surface area contributed by atoms with E-state index in [2.05, 4.69) is 0 Å². The number of nitrogens with zero attached hydrogens (tertiary/aromatic N) is 1. The number of rotatable bonds is 5. The number of nitrogens with one attached hydrogen (secondary N) is 1. The van der Waals surface area contributed by atoms with Gasteiger partial charge < -0.3 is 5.11 Å². The van der Waals surface area contributed by atoms with Gasteiger partial charge in [0.05, 0.1) is 4.92 Å². The molecule has 0 atom stereocenters. The quantitative estimate of drug-likeness (QED) is 0.599. The first-order chi connectivity index (χ1) is 8.78. The fourth-order valence-electron chi connectivity index (χ4n) is 1.63. The van der Waals surface area contributed by atoms with Gasteiger partial charge in [-0.1, -0.05) is 12.1 Å². The largest absolute Gasteiger partial charge is 0.480 e. The maximum Gasteiger partial charge on any atom is 0.324 e. The number of carboxylic acid groups (broad SMARTS) is 1. The average molecular weight is 286 g/mol. The third-order valence-corrected chi connectivity index (χ3v) is 4.42. The van der Waals surface area contributed by atoms with Crippen LogP contribution in [0.25, 0.3) is 0 Å². The highest BCUT2D eigenvalue weighted by Gasteiger charge is 2.53. The van der Waals surface area contributed by atoms with Crippen molar-refractivity contribution in [2.45, 2.75) is 23.3 Å². The lowest BCUT2D eigenvalue weighted by molar-refractivity contribution is -0.387. The Morgan fingerprint density at radius 2 is 1.95 bits per heavy atom. The van der Waals surface area contributed by atoms with Gasteiger partial charge >= 0.3 is 5.97 Å². The summed E-state index contributed by atoms with van der Waals surface area (Å²) in [6.07, 6.45) is 0.338. The van der Waals surface area contributed by atoms with Crippen LogP contribution in [0.4, 0.5) is 5.69 Å². The Labute approximate surface area is 108 Å². The molecule has 0 aromatic heterocycles.